The summed E-state index contributed by atoms with van der Waals surface area (Å²) in [6.07, 6.45) is 0.448. The minimum atomic E-state index is -1.14. The first-order chi connectivity index (χ1) is 9.53. The molecule has 5 nitrogen and oxygen atoms in total. The summed E-state index contributed by atoms with van der Waals surface area (Å²) in [7, 11) is 0. The van der Waals surface area contributed by atoms with Gasteiger partial charge in [-0.3, -0.25) is 4.79 Å². The second-order valence-electron chi connectivity index (χ2n) is 4.79. The smallest absolute Gasteiger partial charge is 0.330 e. The van der Waals surface area contributed by atoms with Crippen molar-refractivity contribution in [3.05, 3.63) is 29.8 Å². The summed E-state index contributed by atoms with van der Waals surface area (Å²) in [4.78, 5) is 23.2. The number of hydrogen-bond acceptors (Lipinski definition) is 4. The van der Waals surface area contributed by atoms with Crippen LogP contribution in [0.4, 0.5) is 0 Å². The van der Waals surface area contributed by atoms with Gasteiger partial charge in [0.15, 0.2) is 6.61 Å². The van der Waals surface area contributed by atoms with Crippen LogP contribution in [-0.2, 0) is 9.59 Å². The van der Waals surface area contributed by atoms with Crippen molar-refractivity contribution in [3.8, 4) is 5.75 Å². The minimum absolute atomic E-state index is 0.176. The maximum atomic E-state index is 11.9. The summed E-state index contributed by atoms with van der Waals surface area (Å²) in [5.41, 5.74) is -0.207. The van der Waals surface area contributed by atoms with Gasteiger partial charge in [0.25, 0.3) is 5.91 Å². The van der Waals surface area contributed by atoms with Crippen LogP contribution in [0.15, 0.2) is 24.3 Å². The fraction of sp³-hybridized carbons (Fsp3) is 0.429. The number of para-hydroxylation sites is 1. The van der Waals surface area contributed by atoms with Crippen LogP contribution in [0.5, 0.6) is 5.75 Å². The average molecular weight is 295 g/mol. The number of thioether (sulfide) groups is 1. The van der Waals surface area contributed by atoms with Crippen molar-refractivity contribution in [1.29, 1.82) is 0 Å². The number of benzene rings is 1. The second kappa shape index (κ2) is 6.17. The number of rotatable bonds is 5. The number of nitrogens with one attached hydrogen (secondary N) is 1. The number of carbonyl (C=O) groups excluding carboxylic acids is 1. The van der Waals surface area contributed by atoms with E-state index in [0.717, 1.165) is 11.3 Å². The Morgan fingerprint density at radius 3 is 2.80 bits per heavy atom. The highest BCUT2D eigenvalue weighted by atomic mass is 32.2. The first-order valence-electron chi connectivity index (χ1n) is 6.34. The lowest BCUT2D eigenvalue weighted by Gasteiger charge is -2.24. The fourth-order valence-electron chi connectivity index (χ4n) is 2.05. The van der Waals surface area contributed by atoms with Crippen molar-refractivity contribution >= 4 is 23.6 Å². The molecule has 0 aromatic heterocycles. The molecule has 1 aliphatic heterocycles. The fourth-order valence-corrected chi connectivity index (χ4v) is 3.38. The van der Waals surface area contributed by atoms with Crippen LogP contribution in [0.3, 0.4) is 0 Å². The normalized spacial score (nSPS) is 21.4. The summed E-state index contributed by atoms with van der Waals surface area (Å²) in [6, 6.07) is 7.38. The zero-order valence-electron chi connectivity index (χ0n) is 11.2. The molecule has 1 fully saturated rings. The van der Waals surface area contributed by atoms with E-state index in [9.17, 15) is 14.7 Å². The Bertz CT molecular complexity index is 512. The van der Waals surface area contributed by atoms with Crippen molar-refractivity contribution in [1.82, 2.24) is 5.32 Å². The SMILES string of the molecule is Cc1ccccc1OCC(=O)N[C@]1(C(=O)O)CCSC1. The molecule has 0 aliphatic carbocycles. The standard InChI is InChI=1S/C14H17NO4S/c1-10-4-2-3-5-11(10)19-8-12(16)15-14(13(17)18)6-7-20-9-14/h2-5H,6-9H2,1H3,(H,15,16)(H,17,18)/t14-/m1/s1. The third kappa shape index (κ3) is 3.25. The summed E-state index contributed by atoms with van der Waals surface area (Å²) in [5.74, 6) is 0.390. The van der Waals surface area contributed by atoms with Gasteiger partial charge in [-0.05, 0) is 30.7 Å². The van der Waals surface area contributed by atoms with Gasteiger partial charge in [0.2, 0.25) is 0 Å². The van der Waals surface area contributed by atoms with E-state index in [4.69, 9.17) is 4.74 Å². The molecule has 1 atom stereocenters. The molecule has 0 unspecified atom stereocenters. The Kier molecular flexibility index (Phi) is 4.54. The number of aliphatic carboxylic acids is 1. The van der Waals surface area contributed by atoms with Crippen LogP contribution >= 0.6 is 11.8 Å². The summed E-state index contributed by atoms with van der Waals surface area (Å²) >= 11 is 1.53. The first-order valence-corrected chi connectivity index (χ1v) is 7.49. The molecule has 20 heavy (non-hydrogen) atoms. The lowest BCUT2D eigenvalue weighted by molar-refractivity contribution is -0.146. The van der Waals surface area contributed by atoms with Crippen LogP contribution in [0.2, 0.25) is 0 Å². The number of carbonyl (C=O) groups is 2. The van der Waals surface area contributed by atoms with Gasteiger partial charge in [-0.25, -0.2) is 4.79 Å². The predicted octanol–water partition coefficient (Wildman–Crippen LogP) is 1.45. The van der Waals surface area contributed by atoms with Crippen LogP contribution in [0.1, 0.15) is 12.0 Å². The van der Waals surface area contributed by atoms with E-state index in [1.54, 1.807) is 6.07 Å². The van der Waals surface area contributed by atoms with E-state index >= 15 is 0 Å². The number of carboxylic acid groups (broad SMARTS) is 1. The molecular weight excluding hydrogens is 278 g/mol. The molecule has 1 aromatic rings. The van der Waals surface area contributed by atoms with Gasteiger partial charge in [-0.1, -0.05) is 18.2 Å². The highest BCUT2D eigenvalue weighted by Crippen LogP contribution is 2.28. The van der Waals surface area contributed by atoms with Gasteiger partial charge in [-0.15, -0.1) is 0 Å². The van der Waals surface area contributed by atoms with Crippen LogP contribution in [-0.4, -0.2) is 40.6 Å². The molecule has 6 heteroatoms. The third-order valence-corrected chi connectivity index (χ3v) is 4.45. The van der Waals surface area contributed by atoms with E-state index in [-0.39, 0.29) is 6.61 Å². The molecule has 0 saturated carbocycles. The Labute approximate surface area is 121 Å². The molecule has 0 spiro atoms. The van der Waals surface area contributed by atoms with Crippen molar-refractivity contribution in [2.24, 2.45) is 0 Å². The predicted molar refractivity (Wildman–Crippen MR) is 77.1 cm³/mol. The van der Waals surface area contributed by atoms with E-state index in [0.29, 0.717) is 17.9 Å². The second-order valence-corrected chi connectivity index (χ2v) is 5.90. The van der Waals surface area contributed by atoms with E-state index in [1.807, 2.05) is 25.1 Å². The number of carboxylic acids is 1. The van der Waals surface area contributed by atoms with Gasteiger partial charge in [0, 0.05) is 5.75 Å². The molecule has 1 aliphatic rings. The molecule has 108 valence electrons. The van der Waals surface area contributed by atoms with Gasteiger partial charge in [-0.2, -0.15) is 11.8 Å². The minimum Gasteiger partial charge on any atom is -0.484 e. The lowest BCUT2D eigenvalue weighted by Crippen LogP contribution is -2.55. The Hall–Kier alpha value is -1.69. The number of amides is 1. The highest BCUT2D eigenvalue weighted by molar-refractivity contribution is 7.99. The highest BCUT2D eigenvalue weighted by Gasteiger charge is 2.43. The van der Waals surface area contributed by atoms with E-state index in [1.165, 1.54) is 11.8 Å². The molecule has 0 bridgehead atoms. The number of aryl methyl sites for hydroxylation is 1. The van der Waals surface area contributed by atoms with Crippen molar-refractivity contribution in [2.75, 3.05) is 18.1 Å². The molecule has 0 radical (unpaired) electrons. The largest absolute Gasteiger partial charge is 0.484 e. The lowest BCUT2D eigenvalue weighted by atomic mass is 9.99. The molecule has 2 N–H and O–H groups in total. The Morgan fingerprint density at radius 1 is 1.45 bits per heavy atom. The van der Waals surface area contributed by atoms with E-state index < -0.39 is 17.4 Å². The maximum absolute atomic E-state index is 11.9. The van der Waals surface area contributed by atoms with Crippen LogP contribution < -0.4 is 10.1 Å². The monoisotopic (exact) mass is 295 g/mol. The zero-order chi connectivity index (χ0) is 14.6. The zero-order valence-corrected chi connectivity index (χ0v) is 12.0. The van der Waals surface area contributed by atoms with Crippen molar-refractivity contribution in [2.45, 2.75) is 18.9 Å². The third-order valence-electron chi connectivity index (χ3n) is 3.26. The summed E-state index contributed by atoms with van der Waals surface area (Å²) < 4.78 is 5.42. The summed E-state index contributed by atoms with van der Waals surface area (Å²) in [5, 5.41) is 11.9. The number of ether oxygens (including phenoxy) is 1. The van der Waals surface area contributed by atoms with Gasteiger partial charge in [0.1, 0.15) is 11.3 Å². The molecule has 1 aromatic carbocycles. The molecule has 2 rings (SSSR count). The van der Waals surface area contributed by atoms with Gasteiger partial charge in [0.05, 0.1) is 0 Å². The molecule has 1 heterocycles. The van der Waals surface area contributed by atoms with Gasteiger partial charge < -0.3 is 15.2 Å². The summed E-state index contributed by atoms with van der Waals surface area (Å²) in [6.45, 7) is 1.71. The number of hydrogen-bond donors (Lipinski definition) is 2. The topological polar surface area (TPSA) is 75.6 Å². The van der Waals surface area contributed by atoms with E-state index in [2.05, 4.69) is 5.32 Å². The molecular formula is C14H17NO4S. The maximum Gasteiger partial charge on any atom is 0.330 e. The first kappa shape index (κ1) is 14.7. The van der Waals surface area contributed by atoms with Crippen LogP contribution in [0.25, 0.3) is 0 Å². The van der Waals surface area contributed by atoms with Crippen molar-refractivity contribution in [3.63, 3.8) is 0 Å². The Morgan fingerprint density at radius 2 is 2.20 bits per heavy atom. The average Bonchev–Trinajstić information content (AvgIpc) is 2.88. The van der Waals surface area contributed by atoms with Crippen LogP contribution in [0, 0.1) is 6.92 Å². The molecule has 1 amide bonds. The molecule has 1 saturated heterocycles. The Balaban J connectivity index is 1.92. The van der Waals surface area contributed by atoms with Gasteiger partial charge >= 0.3 is 5.97 Å². The quantitative estimate of drug-likeness (QED) is 0.860. The van der Waals surface area contributed by atoms with Crippen molar-refractivity contribution < 1.29 is 19.4 Å².